The Morgan fingerprint density at radius 3 is 2.81 bits per heavy atom. The topological polar surface area (TPSA) is 71.8 Å². The minimum absolute atomic E-state index is 0.104. The van der Waals surface area contributed by atoms with E-state index >= 15 is 0 Å². The number of amides is 1. The average Bonchev–Trinajstić information content (AvgIpc) is 3.11. The third-order valence-electron chi connectivity index (χ3n) is 4.36. The second-order valence-electron chi connectivity index (χ2n) is 5.50. The van der Waals surface area contributed by atoms with Gasteiger partial charge in [0.05, 0.1) is 12.0 Å². The van der Waals surface area contributed by atoms with Crippen LogP contribution in [0.1, 0.15) is 30.3 Å². The third kappa shape index (κ3) is 2.95. The Bertz CT molecular complexity index is 525. The molecule has 1 atom stereocenters. The van der Waals surface area contributed by atoms with Crippen LogP contribution in [0.2, 0.25) is 0 Å². The first kappa shape index (κ1) is 15.6. The number of methoxy groups -OCH3 is 1. The molecule has 1 aromatic rings. The van der Waals surface area contributed by atoms with Gasteiger partial charge in [-0.1, -0.05) is 6.92 Å². The predicted octanol–water partition coefficient (Wildman–Crippen LogP) is 1.46. The van der Waals surface area contributed by atoms with E-state index in [1.54, 1.807) is 18.1 Å². The Morgan fingerprint density at radius 2 is 2.24 bits per heavy atom. The molecule has 1 aliphatic heterocycles. The molecular formula is C15H22N2O4. The summed E-state index contributed by atoms with van der Waals surface area (Å²) >= 11 is 0. The van der Waals surface area contributed by atoms with Crippen molar-refractivity contribution >= 4 is 11.9 Å². The smallest absolute Gasteiger partial charge is 0.311 e. The van der Waals surface area contributed by atoms with Gasteiger partial charge in [-0.15, -0.1) is 0 Å². The molecule has 21 heavy (non-hydrogen) atoms. The van der Waals surface area contributed by atoms with Crippen molar-refractivity contribution in [3.8, 4) is 0 Å². The van der Waals surface area contributed by atoms with Crippen molar-refractivity contribution in [1.82, 2.24) is 9.47 Å². The quantitative estimate of drug-likeness (QED) is 0.862. The molecule has 1 aromatic heterocycles. The highest BCUT2D eigenvalue weighted by Gasteiger charge is 2.45. The first-order valence-electron chi connectivity index (χ1n) is 7.21. The molecule has 0 aromatic carbocycles. The minimum Gasteiger partial charge on any atom is -0.481 e. The lowest BCUT2D eigenvalue weighted by Crippen LogP contribution is -2.37. The first-order chi connectivity index (χ1) is 10.0. The number of rotatable bonds is 6. The number of nitrogens with zero attached hydrogens (tertiary/aromatic N) is 2. The average molecular weight is 294 g/mol. The van der Waals surface area contributed by atoms with E-state index in [1.807, 2.05) is 23.8 Å². The zero-order chi connectivity index (χ0) is 15.5. The van der Waals surface area contributed by atoms with Crippen molar-refractivity contribution in [1.29, 1.82) is 0 Å². The molecule has 0 bridgehead atoms. The van der Waals surface area contributed by atoms with Gasteiger partial charge < -0.3 is 19.3 Å². The Morgan fingerprint density at radius 1 is 1.48 bits per heavy atom. The Labute approximate surface area is 124 Å². The summed E-state index contributed by atoms with van der Waals surface area (Å²) in [6.45, 7) is 3.78. The SMILES string of the molecule is CCC1(C(=O)O)CCN(C(=O)c2cccn2CCOC)C1. The number of aliphatic carboxylic acids is 1. The van der Waals surface area contributed by atoms with Crippen LogP contribution in [0.25, 0.3) is 0 Å². The Balaban J connectivity index is 2.12. The summed E-state index contributed by atoms with van der Waals surface area (Å²) in [5, 5.41) is 9.40. The number of hydrogen-bond acceptors (Lipinski definition) is 3. The number of carboxylic acid groups (broad SMARTS) is 1. The Kier molecular flexibility index (Phi) is 4.67. The van der Waals surface area contributed by atoms with Crippen LogP contribution >= 0.6 is 0 Å². The van der Waals surface area contributed by atoms with Crippen molar-refractivity contribution in [2.75, 3.05) is 26.8 Å². The van der Waals surface area contributed by atoms with Crippen molar-refractivity contribution in [2.45, 2.75) is 26.3 Å². The maximum Gasteiger partial charge on any atom is 0.311 e. The number of carbonyl (C=O) groups excluding carboxylic acids is 1. The van der Waals surface area contributed by atoms with Gasteiger partial charge in [0, 0.05) is 32.9 Å². The number of carboxylic acids is 1. The molecule has 1 amide bonds. The van der Waals surface area contributed by atoms with Crippen LogP contribution in [0.3, 0.4) is 0 Å². The van der Waals surface area contributed by atoms with Crippen LogP contribution in [0.4, 0.5) is 0 Å². The summed E-state index contributed by atoms with van der Waals surface area (Å²) in [6, 6.07) is 3.59. The van der Waals surface area contributed by atoms with Gasteiger partial charge in [0.2, 0.25) is 0 Å². The van der Waals surface area contributed by atoms with E-state index in [-0.39, 0.29) is 12.5 Å². The van der Waals surface area contributed by atoms with Gasteiger partial charge in [-0.2, -0.15) is 0 Å². The fraction of sp³-hybridized carbons (Fsp3) is 0.600. The predicted molar refractivity (Wildman–Crippen MR) is 77.2 cm³/mol. The highest BCUT2D eigenvalue weighted by molar-refractivity contribution is 5.93. The normalized spacial score (nSPS) is 21.7. The molecule has 0 saturated carbocycles. The van der Waals surface area contributed by atoms with Crippen LogP contribution in [-0.4, -0.2) is 53.3 Å². The number of hydrogen-bond donors (Lipinski definition) is 1. The maximum absolute atomic E-state index is 12.6. The summed E-state index contributed by atoms with van der Waals surface area (Å²) in [5.74, 6) is -0.914. The van der Waals surface area contributed by atoms with E-state index in [9.17, 15) is 14.7 Å². The largest absolute Gasteiger partial charge is 0.481 e. The van der Waals surface area contributed by atoms with E-state index in [0.717, 1.165) is 0 Å². The molecular weight excluding hydrogens is 272 g/mol. The fourth-order valence-electron chi connectivity index (χ4n) is 2.82. The van der Waals surface area contributed by atoms with E-state index in [0.29, 0.717) is 38.2 Å². The molecule has 6 nitrogen and oxygen atoms in total. The molecule has 1 aliphatic rings. The van der Waals surface area contributed by atoms with E-state index in [2.05, 4.69) is 0 Å². The van der Waals surface area contributed by atoms with Gasteiger partial charge in [-0.05, 0) is 25.0 Å². The van der Waals surface area contributed by atoms with Crippen LogP contribution in [0, 0.1) is 5.41 Å². The summed E-state index contributed by atoms with van der Waals surface area (Å²) in [4.78, 5) is 25.7. The van der Waals surface area contributed by atoms with E-state index < -0.39 is 11.4 Å². The molecule has 1 unspecified atom stereocenters. The molecule has 6 heteroatoms. The molecule has 1 fully saturated rings. The molecule has 0 spiro atoms. The molecule has 0 aliphatic carbocycles. The lowest BCUT2D eigenvalue weighted by Gasteiger charge is -2.23. The highest BCUT2D eigenvalue weighted by atomic mass is 16.5. The molecule has 1 saturated heterocycles. The van der Waals surface area contributed by atoms with E-state index in [4.69, 9.17) is 4.74 Å². The lowest BCUT2D eigenvalue weighted by molar-refractivity contribution is -0.148. The first-order valence-corrected chi connectivity index (χ1v) is 7.21. The lowest BCUT2D eigenvalue weighted by atomic mass is 9.84. The number of likely N-dealkylation sites (tertiary alicyclic amines) is 1. The van der Waals surface area contributed by atoms with Crippen molar-refractivity contribution < 1.29 is 19.4 Å². The summed E-state index contributed by atoms with van der Waals surface area (Å²) < 4.78 is 6.88. The van der Waals surface area contributed by atoms with Crippen LogP contribution in [-0.2, 0) is 16.1 Å². The second kappa shape index (κ2) is 6.30. The zero-order valence-corrected chi connectivity index (χ0v) is 12.5. The molecule has 116 valence electrons. The second-order valence-corrected chi connectivity index (χ2v) is 5.50. The molecule has 2 heterocycles. The molecule has 2 rings (SSSR count). The fourth-order valence-corrected chi connectivity index (χ4v) is 2.82. The van der Waals surface area contributed by atoms with Gasteiger partial charge >= 0.3 is 5.97 Å². The number of aromatic nitrogens is 1. The third-order valence-corrected chi connectivity index (χ3v) is 4.36. The van der Waals surface area contributed by atoms with Crippen LogP contribution in [0.15, 0.2) is 18.3 Å². The van der Waals surface area contributed by atoms with Crippen molar-refractivity contribution in [3.63, 3.8) is 0 Å². The van der Waals surface area contributed by atoms with Crippen LogP contribution < -0.4 is 0 Å². The zero-order valence-electron chi connectivity index (χ0n) is 12.5. The Hall–Kier alpha value is -1.82. The minimum atomic E-state index is -0.810. The van der Waals surface area contributed by atoms with Gasteiger partial charge in [0.25, 0.3) is 5.91 Å². The van der Waals surface area contributed by atoms with Gasteiger partial charge in [0.15, 0.2) is 0 Å². The van der Waals surface area contributed by atoms with E-state index in [1.165, 1.54) is 0 Å². The molecule has 1 N–H and O–H groups in total. The monoisotopic (exact) mass is 294 g/mol. The summed E-state index contributed by atoms with van der Waals surface area (Å²) in [5.41, 5.74) is -0.205. The van der Waals surface area contributed by atoms with Crippen molar-refractivity contribution in [2.24, 2.45) is 5.41 Å². The summed E-state index contributed by atoms with van der Waals surface area (Å²) in [6.07, 6.45) is 2.90. The molecule has 0 radical (unpaired) electrons. The number of ether oxygens (including phenoxy) is 1. The summed E-state index contributed by atoms with van der Waals surface area (Å²) in [7, 11) is 1.62. The van der Waals surface area contributed by atoms with Gasteiger partial charge in [0.1, 0.15) is 5.69 Å². The number of carbonyl (C=O) groups is 2. The van der Waals surface area contributed by atoms with Gasteiger partial charge in [-0.25, -0.2) is 0 Å². The van der Waals surface area contributed by atoms with Gasteiger partial charge in [-0.3, -0.25) is 9.59 Å². The maximum atomic E-state index is 12.6. The van der Waals surface area contributed by atoms with Crippen LogP contribution in [0.5, 0.6) is 0 Å². The van der Waals surface area contributed by atoms with Crippen molar-refractivity contribution in [3.05, 3.63) is 24.0 Å². The highest BCUT2D eigenvalue weighted by Crippen LogP contribution is 2.34. The standard InChI is InChI=1S/C15H22N2O4/c1-3-15(14(19)20)6-8-17(11-15)13(18)12-5-4-7-16(12)9-10-21-2/h4-5,7H,3,6,8-11H2,1-2H3,(H,19,20).